The largest absolute Gasteiger partial charge is 0.327 e. The first-order valence-electron chi connectivity index (χ1n) is 6.70. The summed E-state index contributed by atoms with van der Waals surface area (Å²) in [5.74, 6) is 1.52. The fraction of sp³-hybridized carbons (Fsp3) is 1.00. The van der Waals surface area contributed by atoms with Gasteiger partial charge in [-0.1, -0.05) is 39.5 Å². The Hall–Kier alpha value is -0.0800. The highest BCUT2D eigenvalue weighted by molar-refractivity contribution is 4.78. The van der Waals surface area contributed by atoms with E-state index in [1.54, 1.807) is 0 Å². The molecule has 0 aromatic carbocycles. The molecule has 1 fully saturated rings. The number of nitrogens with two attached hydrogens (primary N) is 1. The molecular formula is C13H28N2. The van der Waals surface area contributed by atoms with Crippen LogP contribution >= 0.6 is 0 Å². The van der Waals surface area contributed by atoms with Crippen LogP contribution in [-0.4, -0.2) is 19.1 Å². The molecule has 90 valence electrons. The molecule has 0 amide bonds. The van der Waals surface area contributed by atoms with E-state index >= 15 is 0 Å². The molecule has 0 heterocycles. The van der Waals surface area contributed by atoms with Crippen LogP contribution in [0.2, 0.25) is 0 Å². The van der Waals surface area contributed by atoms with Gasteiger partial charge in [-0.15, -0.1) is 0 Å². The summed E-state index contributed by atoms with van der Waals surface area (Å²) in [6, 6.07) is 0.442. The first-order chi connectivity index (χ1) is 7.24. The van der Waals surface area contributed by atoms with E-state index in [2.05, 4.69) is 19.2 Å². The summed E-state index contributed by atoms with van der Waals surface area (Å²) in [5.41, 5.74) is 6.19. The normalized spacial score (nSPS) is 29.8. The third-order valence-electron chi connectivity index (χ3n) is 3.81. The second-order valence-electron chi connectivity index (χ2n) is 5.23. The highest BCUT2D eigenvalue weighted by atomic mass is 14.9. The molecule has 3 N–H and O–H groups in total. The van der Waals surface area contributed by atoms with Crippen LogP contribution in [0.5, 0.6) is 0 Å². The molecule has 0 aromatic rings. The van der Waals surface area contributed by atoms with E-state index in [9.17, 15) is 0 Å². The van der Waals surface area contributed by atoms with E-state index < -0.39 is 0 Å². The van der Waals surface area contributed by atoms with Crippen LogP contribution in [0.4, 0.5) is 0 Å². The molecule has 0 saturated heterocycles. The van der Waals surface area contributed by atoms with Crippen LogP contribution in [0.3, 0.4) is 0 Å². The summed E-state index contributed by atoms with van der Waals surface area (Å²) in [7, 11) is 0. The fourth-order valence-electron chi connectivity index (χ4n) is 2.33. The lowest BCUT2D eigenvalue weighted by Crippen LogP contribution is -2.37. The van der Waals surface area contributed by atoms with Crippen molar-refractivity contribution in [3.8, 4) is 0 Å². The number of hydrogen-bond acceptors (Lipinski definition) is 2. The predicted molar refractivity (Wildman–Crippen MR) is 66.9 cm³/mol. The Morgan fingerprint density at radius 3 is 2.73 bits per heavy atom. The zero-order valence-corrected chi connectivity index (χ0v) is 10.5. The summed E-state index contributed by atoms with van der Waals surface area (Å²) >= 11 is 0. The van der Waals surface area contributed by atoms with Gasteiger partial charge in [-0.2, -0.15) is 0 Å². The van der Waals surface area contributed by atoms with Crippen molar-refractivity contribution in [2.45, 2.75) is 58.4 Å². The van der Waals surface area contributed by atoms with Crippen molar-refractivity contribution in [2.75, 3.05) is 13.1 Å². The minimum absolute atomic E-state index is 0.442. The van der Waals surface area contributed by atoms with Crippen LogP contribution in [0.15, 0.2) is 0 Å². The van der Waals surface area contributed by atoms with Crippen LogP contribution in [-0.2, 0) is 0 Å². The summed E-state index contributed by atoms with van der Waals surface area (Å²) in [5, 5.41) is 3.58. The zero-order chi connectivity index (χ0) is 11.1. The number of hydrogen-bond donors (Lipinski definition) is 2. The average Bonchev–Trinajstić information content (AvgIpc) is 2.44. The molecule has 2 heteroatoms. The van der Waals surface area contributed by atoms with Gasteiger partial charge in [0.1, 0.15) is 0 Å². The molecule has 1 rings (SSSR count). The van der Waals surface area contributed by atoms with E-state index in [0.717, 1.165) is 24.9 Å². The summed E-state index contributed by atoms with van der Waals surface area (Å²) in [6.45, 7) is 6.84. The molecule has 1 aliphatic carbocycles. The van der Waals surface area contributed by atoms with Gasteiger partial charge in [0, 0.05) is 6.04 Å². The van der Waals surface area contributed by atoms with Gasteiger partial charge in [0.05, 0.1) is 0 Å². The van der Waals surface area contributed by atoms with E-state index in [1.807, 2.05) is 0 Å². The van der Waals surface area contributed by atoms with Gasteiger partial charge in [0.25, 0.3) is 0 Å². The highest BCUT2D eigenvalue weighted by Gasteiger charge is 2.19. The Morgan fingerprint density at radius 2 is 2.00 bits per heavy atom. The Morgan fingerprint density at radius 1 is 1.27 bits per heavy atom. The predicted octanol–water partition coefficient (Wildman–Crippen LogP) is 2.53. The lowest BCUT2D eigenvalue weighted by Gasteiger charge is -2.22. The van der Waals surface area contributed by atoms with Crippen molar-refractivity contribution in [3.63, 3.8) is 0 Å². The lowest BCUT2D eigenvalue weighted by molar-refractivity contribution is 0.361. The Bertz CT molecular complexity index is 159. The van der Waals surface area contributed by atoms with E-state index in [1.165, 1.54) is 38.5 Å². The molecule has 0 spiro atoms. The van der Waals surface area contributed by atoms with Gasteiger partial charge in [0.2, 0.25) is 0 Å². The molecule has 0 aliphatic heterocycles. The topological polar surface area (TPSA) is 38.0 Å². The fourth-order valence-corrected chi connectivity index (χ4v) is 2.33. The van der Waals surface area contributed by atoms with E-state index in [4.69, 9.17) is 5.73 Å². The van der Waals surface area contributed by atoms with Crippen LogP contribution < -0.4 is 11.1 Å². The quantitative estimate of drug-likeness (QED) is 0.687. The molecule has 15 heavy (non-hydrogen) atoms. The van der Waals surface area contributed by atoms with Crippen molar-refractivity contribution >= 4 is 0 Å². The molecule has 1 aliphatic rings. The van der Waals surface area contributed by atoms with Gasteiger partial charge < -0.3 is 11.1 Å². The van der Waals surface area contributed by atoms with Gasteiger partial charge in [0.15, 0.2) is 0 Å². The van der Waals surface area contributed by atoms with Crippen molar-refractivity contribution in [3.05, 3.63) is 0 Å². The van der Waals surface area contributed by atoms with Crippen LogP contribution in [0.1, 0.15) is 52.4 Å². The van der Waals surface area contributed by atoms with Crippen molar-refractivity contribution < 1.29 is 0 Å². The molecular weight excluding hydrogens is 184 g/mol. The Balaban J connectivity index is 2.17. The summed E-state index contributed by atoms with van der Waals surface area (Å²) in [6.07, 6.45) is 7.93. The molecule has 2 nitrogen and oxygen atoms in total. The van der Waals surface area contributed by atoms with Gasteiger partial charge >= 0.3 is 0 Å². The van der Waals surface area contributed by atoms with Crippen LogP contribution in [0.25, 0.3) is 0 Å². The minimum atomic E-state index is 0.442. The Labute approximate surface area is 95.0 Å². The maximum absolute atomic E-state index is 6.19. The third-order valence-corrected chi connectivity index (χ3v) is 3.81. The SMILES string of the molecule is CCC(C)CNCC1CCCCCC1N. The second-order valence-corrected chi connectivity index (χ2v) is 5.23. The average molecular weight is 212 g/mol. The monoisotopic (exact) mass is 212 g/mol. The maximum Gasteiger partial charge on any atom is 0.00792 e. The van der Waals surface area contributed by atoms with Gasteiger partial charge in [-0.05, 0) is 37.8 Å². The summed E-state index contributed by atoms with van der Waals surface area (Å²) < 4.78 is 0. The second kappa shape index (κ2) is 7.24. The molecule has 1 saturated carbocycles. The Kier molecular flexibility index (Phi) is 6.26. The lowest BCUT2D eigenvalue weighted by atomic mass is 9.95. The first-order valence-corrected chi connectivity index (χ1v) is 6.70. The smallest absolute Gasteiger partial charge is 0.00792 e. The standard InChI is InChI=1S/C13H28N2/c1-3-11(2)9-15-10-12-7-5-4-6-8-13(12)14/h11-13,15H,3-10,14H2,1-2H3. The molecule has 3 atom stereocenters. The van der Waals surface area contributed by atoms with Crippen LogP contribution in [0, 0.1) is 11.8 Å². The van der Waals surface area contributed by atoms with Crippen molar-refractivity contribution in [1.82, 2.24) is 5.32 Å². The third kappa shape index (κ3) is 4.98. The van der Waals surface area contributed by atoms with Crippen molar-refractivity contribution in [2.24, 2.45) is 17.6 Å². The zero-order valence-electron chi connectivity index (χ0n) is 10.5. The maximum atomic E-state index is 6.19. The molecule has 0 radical (unpaired) electrons. The van der Waals surface area contributed by atoms with Gasteiger partial charge in [-0.25, -0.2) is 0 Å². The van der Waals surface area contributed by atoms with Crippen molar-refractivity contribution in [1.29, 1.82) is 0 Å². The highest BCUT2D eigenvalue weighted by Crippen LogP contribution is 2.21. The number of nitrogens with one attached hydrogen (secondary N) is 1. The summed E-state index contributed by atoms with van der Waals surface area (Å²) in [4.78, 5) is 0. The molecule has 3 unspecified atom stereocenters. The minimum Gasteiger partial charge on any atom is -0.327 e. The van der Waals surface area contributed by atoms with E-state index in [-0.39, 0.29) is 0 Å². The first kappa shape index (κ1) is 13.0. The van der Waals surface area contributed by atoms with E-state index in [0.29, 0.717) is 6.04 Å². The van der Waals surface area contributed by atoms with Gasteiger partial charge in [-0.3, -0.25) is 0 Å². The molecule has 0 bridgehead atoms. The number of rotatable bonds is 5. The molecule has 0 aromatic heterocycles.